The van der Waals surface area contributed by atoms with Crippen LogP contribution in [0.2, 0.25) is 0 Å². The maximum Gasteiger partial charge on any atom is 0.389 e. The molecule has 0 aliphatic carbocycles. The van der Waals surface area contributed by atoms with Crippen LogP contribution in [0.25, 0.3) is 11.0 Å². The molecule has 0 saturated carbocycles. The van der Waals surface area contributed by atoms with E-state index in [2.05, 4.69) is 4.98 Å². The first kappa shape index (κ1) is 13.9. The fourth-order valence-electron chi connectivity index (χ4n) is 2.06. The van der Waals surface area contributed by atoms with Gasteiger partial charge < -0.3 is 10.3 Å². The fraction of sp³-hybridized carbons (Fsp3) is 0.462. The van der Waals surface area contributed by atoms with Gasteiger partial charge in [0.1, 0.15) is 0 Å². The van der Waals surface area contributed by atoms with Crippen LogP contribution in [0.15, 0.2) is 30.6 Å². The lowest BCUT2D eigenvalue weighted by Crippen LogP contribution is -2.26. The van der Waals surface area contributed by atoms with E-state index in [-0.39, 0.29) is 12.5 Å². The summed E-state index contributed by atoms with van der Waals surface area (Å²) >= 11 is 0. The van der Waals surface area contributed by atoms with Crippen LogP contribution < -0.4 is 5.73 Å². The maximum atomic E-state index is 12.0. The Hall–Kier alpha value is -1.56. The third-order valence-electron chi connectivity index (χ3n) is 2.99. The zero-order valence-corrected chi connectivity index (χ0v) is 10.4. The molecule has 3 nitrogen and oxygen atoms in total. The Morgan fingerprint density at radius 1 is 1.26 bits per heavy atom. The van der Waals surface area contributed by atoms with Crippen molar-refractivity contribution in [2.75, 3.05) is 0 Å². The van der Waals surface area contributed by atoms with Gasteiger partial charge in [0.2, 0.25) is 0 Å². The van der Waals surface area contributed by atoms with Crippen molar-refractivity contribution in [3.8, 4) is 0 Å². The first-order valence-corrected chi connectivity index (χ1v) is 6.18. The molecule has 2 rings (SSSR count). The van der Waals surface area contributed by atoms with Crippen molar-refractivity contribution < 1.29 is 13.2 Å². The molecule has 0 radical (unpaired) electrons. The highest BCUT2D eigenvalue weighted by atomic mass is 19.4. The van der Waals surface area contributed by atoms with Crippen LogP contribution in [0.4, 0.5) is 13.2 Å². The minimum atomic E-state index is -4.10. The molecule has 6 heteroatoms. The van der Waals surface area contributed by atoms with Crippen molar-refractivity contribution in [2.45, 2.75) is 38.0 Å². The smallest absolute Gasteiger partial charge is 0.329 e. The topological polar surface area (TPSA) is 43.8 Å². The molecule has 0 amide bonds. The molecule has 0 aliphatic rings. The molecule has 0 bridgehead atoms. The van der Waals surface area contributed by atoms with Gasteiger partial charge in [-0.15, -0.1) is 0 Å². The van der Waals surface area contributed by atoms with Gasteiger partial charge in [-0.2, -0.15) is 13.2 Å². The molecule has 0 aliphatic heterocycles. The molecule has 1 unspecified atom stereocenters. The van der Waals surface area contributed by atoms with Gasteiger partial charge in [-0.1, -0.05) is 12.1 Å². The minimum Gasteiger partial charge on any atom is -0.329 e. The predicted molar refractivity (Wildman–Crippen MR) is 67.6 cm³/mol. The Morgan fingerprint density at radius 3 is 2.74 bits per heavy atom. The minimum absolute atomic E-state index is 0.0668. The third-order valence-corrected chi connectivity index (χ3v) is 2.99. The number of hydrogen-bond donors (Lipinski definition) is 1. The van der Waals surface area contributed by atoms with E-state index in [1.807, 2.05) is 28.8 Å². The zero-order chi connectivity index (χ0) is 13.9. The summed E-state index contributed by atoms with van der Waals surface area (Å²) in [6.07, 6.45) is -2.77. The Bertz CT molecular complexity index is 533. The van der Waals surface area contributed by atoms with Crippen molar-refractivity contribution in [3.63, 3.8) is 0 Å². The van der Waals surface area contributed by atoms with Gasteiger partial charge in [-0.05, 0) is 25.0 Å². The van der Waals surface area contributed by atoms with Crippen LogP contribution in [0.3, 0.4) is 0 Å². The summed E-state index contributed by atoms with van der Waals surface area (Å²) in [5.41, 5.74) is 7.69. The highest BCUT2D eigenvalue weighted by Gasteiger charge is 2.26. The maximum absolute atomic E-state index is 12.0. The number of benzene rings is 1. The lowest BCUT2D eigenvalue weighted by atomic mass is 10.1. The first-order chi connectivity index (χ1) is 8.96. The summed E-state index contributed by atoms with van der Waals surface area (Å²) in [6.45, 7) is 0.484. The number of hydrogen-bond acceptors (Lipinski definition) is 2. The lowest BCUT2D eigenvalue weighted by Gasteiger charge is -2.13. The molecular weight excluding hydrogens is 255 g/mol. The van der Waals surface area contributed by atoms with E-state index in [4.69, 9.17) is 5.73 Å². The second kappa shape index (κ2) is 5.61. The summed E-state index contributed by atoms with van der Waals surface area (Å²) in [5.74, 6) is 0. The van der Waals surface area contributed by atoms with Gasteiger partial charge in [0.25, 0.3) is 0 Å². The highest BCUT2D eigenvalue weighted by Crippen LogP contribution is 2.22. The largest absolute Gasteiger partial charge is 0.389 e. The van der Waals surface area contributed by atoms with Gasteiger partial charge in [-0.3, -0.25) is 0 Å². The highest BCUT2D eigenvalue weighted by molar-refractivity contribution is 5.74. The van der Waals surface area contributed by atoms with Crippen LogP contribution in [0.1, 0.15) is 19.3 Å². The second-order valence-corrected chi connectivity index (χ2v) is 4.65. The zero-order valence-electron chi connectivity index (χ0n) is 10.4. The SMILES string of the molecule is NC(CCCC(F)(F)F)Cn1cnc2ccccc21. The van der Waals surface area contributed by atoms with Gasteiger partial charge in [0.05, 0.1) is 17.4 Å². The fourth-order valence-corrected chi connectivity index (χ4v) is 2.06. The second-order valence-electron chi connectivity index (χ2n) is 4.65. The summed E-state index contributed by atoms with van der Waals surface area (Å²) < 4.78 is 38.0. The van der Waals surface area contributed by atoms with Crippen LogP contribution in [0, 0.1) is 0 Å². The number of nitrogens with two attached hydrogens (primary N) is 1. The quantitative estimate of drug-likeness (QED) is 0.908. The molecule has 2 aromatic rings. The van der Waals surface area contributed by atoms with Crippen LogP contribution in [-0.2, 0) is 6.54 Å². The van der Waals surface area contributed by atoms with E-state index in [1.54, 1.807) is 6.33 Å². The number of para-hydroxylation sites is 2. The molecule has 0 saturated heterocycles. The first-order valence-electron chi connectivity index (χ1n) is 6.18. The van der Waals surface area contributed by atoms with E-state index in [0.29, 0.717) is 13.0 Å². The van der Waals surface area contributed by atoms with Crippen molar-refractivity contribution in [1.29, 1.82) is 0 Å². The number of fused-ring (bicyclic) bond motifs is 1. The van der Waals surface area contributed by atoms with Gasteiger partial charge in [0.15, 0.2) is 0 Å². The number of imidazole rings is 1. The number of aromatic nitrogens is 2. The molecule has 0 fully saturated rings. The van der Waals surface area contributed by atoms with Crippen molar-refractivity contribution >= 4 is 11.0 Å². The van der Waals surface area contributed by atoms with Crippen molar-refractivity contribution in [2.24, 2.45) is 5.73 Å². The summed E-state index contributed by atoms with van der Waals surface area (Å²) in [7, 11) is 0. The van der Waals surface area contributed by atoms with E-state index in [9.17, 15) is 13.2 Å². The standard InChI is InChI=1S/C13H16F3N3/c14-13(15,16)7-3-4-10(17)8-19-9-18-11-5-1-2-6-12(11)19/h1-2,5-6,9-10H,3-4,7-8,17H2. The lowest BCUT2D eigenvalue weighted by molar-refractivity contribution is -0.135. The van der Waals surface area contributed by atoms with E-state index >= 15 is 0 Å². The molecular formula is C13H16F3N3. The normalized spacial score (nSPS) is 13.9. The Morgan fingerprint density at radius 2 is 2.00 bits per heavy atom. The van der Waals surface area contributed by atoms with Crippen LogP contribution in [-0.4, -0.2) is 21.8 Å². The average Bonchev–Trinajstić information content (AvgIpc) is 2.71. The Labute approximate surface area is 109 Å². The number of nitrogens with zero attached hydrogens (tertiary/aromatic N) is 2. The molecule has 19 heavy (non-hydrogen) atoms. The van der Waals surface area contributed by atoms with E-state index in [1.165, 1.54) is 0 Å². The molecule has 1 aromatic heterocycles. The van der Waals surface area contributed by atoms with Crippen LogP contribution in [0.5, 0.6) is 0 Å². The summed E-state index contributed by atoms with van der Waals surface area (Å²) in [4.78, 5) is 4.22. The Balaban J connectivity index is 1.90. The number of rotatable bonds is 5. The molecule has 104 valence electrons. The van der Waals surface area contributed by atoms with Gasteiger partial charge in [-0.25, -0.2) is 4.98 Å². The molecule has 1 atom stereocenters. The van der Waals surface area contributed by atoms with E-state index < -0.39 is 12.6 Å². The van der Waals surface area contributed by atoms with E-state index in [0.717, 1.165) is 11.0 Å². The summed E-state index contributed by atoms with van der Waals surface area (Å²) in [6, 6.07) is 7.31. The van der Waals surface area contributed by atoms with Gasteiger partial charge >= 0.3 is 6.18 Å². The average molecular weight is 271 g/mol. The van der Waals surface area contributed by atoms with Crippen molar-refractivity contribution in [3.05, 3.63) is 30.6 Å². The summed E-state index contributed by atoms with van der Waals surface area (Å²) in [5, 5.41) is 0. The Kier molecular flexibility index (Phi) is 4.09. The number of halogens is 3. The predicted octanol–water partition coefficient (Wildman–Crippen LogP) is 3.10. The molecule has 1 heterocycles. The van der Waals surface area contributed by atoms with Crippen LogP contribution >= 0.6 is 0 Å². The number of alkyl halides is 3. The molecule has 0 spiro atoms. The molecule has 1 aromatic carbocycles. The van der Waals surface area contributed by atoms with Gasteiger partial charge in [0, 0.05) is 19.0 Å². The monoisotopic (exact) mass is 271 g/mol. The van der Waals surface area contributed by atoms with Crippen molar-refractivity contribution in [1.82, 2.24) is 9.55 Å². The third kappa shape index (κ3) is 3.96. The molecule has 2 N–H and O–H groups in total.